The highest BCUT2D eigenvalue weighted by Crippen LogP contribution is 2.34. The van der Waals surface area contributed by atoms with Crippen molar-refractivity contribution >= 4 is 28.6 Å². The summed E-state index contributed by atoms with van der Waals surface area (Å²) in [5.41, 5.74) is 5.84. The average molecular weight is 475 g/mol. The lowest BCUT2D eigenvalue weighted by Gasteiger charge is -2.25. The number of aromatic nitrogens is 1. The van der Waals surface area contributed by atoms with Crippen molar-refractivity contribution in [2.75, 3.05) is 6.54 Å². The number of nitrogens with two attached hydrogens (primary N) is 1. The van der Waals surface area contributed by atoms with Crippen LogP contribution in [0.4, 0.5) is 8.78 Å². The van der Waals surface area contributed by atoms with E-state index in [0.717, 1.165) is 0 Å². The Labute approximate surface area is 195 Å². The van der Waals surface area contributed by atoms with Crippen LogP contribution in [0, 0.1) is 23.2 Å². The molecule has 0 unspecified atom stereocenters. The lowest BCUT2D eigenvalue weighted by atomic mass is 9.98. The van der Waals surface area contributed by atoms with Gasteiger partial charge in [0.15, 0.2) is 0 Å². The zero-order valence-corrected chi connectivity index (χ0v) is 18.9. The van der Waals surface area contributed by atoms with Gasteiger partial charge in [-0.2, -0.15) is 14.0 Å². The van der Waals surface area contributed by atoms with Crippen molar-refractivity contribution in [1.29, 1.82) is 5.26 Å². The van der Waals surface area contributed by atoms with Gasteiger partial charge in [-0.05, 0) is 43.4 Å². The number of ether oxygens (including phenoxy) is 1. The van der Waals surface area contributed by atoms with Gasteiger partial charge < -0.3 is 25.7 Å². The molecule has 2 aromatic rings. The highest BCUT2D eigenvalue weighted by molar-refractivity contribution is 6.01. The lowest BCUT2D eigenvalue weighted by molar-refractivity contribution is -0.126. The number of carbonyl (C=O) groups excluding carboxylic acids is 3. The predicted octanol–water partition coefficient (Wildman–Crippen LogP) is 2.46. The van der Waals surface area contributed by atoms with Gasteiger partial charge in [0.25, 0.3) is 5.91 Å². The van der Waals surface area contributed by atoms with Gasteiger partial charge in [0.2, 0.25) is 11.8 Å². The quantitative estimate of drug-likeness (QED) is 0.484. The summed E-state index contributed by atoms with van der Waals surface area (Å²) >= 11 is 0. The number of primary amides is 1. The van der Waals surface area contributed by atoms with Gasteiger partial charge in [-0.1, -0.05) is 19.9 Å². The maximum absolute atomic E-state index is 13.4. The molecule has 1 aliphatic rings. The number of hydrogen-bond donors (Lipinski definition) is 3. The van der Waals surface area contributed by atoms with Crippen LogP contribution in [-0.4, -0.2) is 41.5 Å². The SMILES string of the molecule is CC(C)C[C@@H](C(=O)N[C@H](C#N)C[C@@H]1CCNC1=O)n1c(C(N)=O)cc2c(OC(F)F)cccc21. The fourth-order valence-electron chi connectivity index (χ4n) is 4.29. The van der Waals surface area contributed by atoms with Crippen molar-refractivity contribution < 1.29 is 27.9 Å². The number of nitrogens with one attached hydrogen (secondary N) is 2. The topological polar surface area (TPSA) is 139 Å². The van der Waals surface area contributed by atoms with E-state index < -0.39 is 30.5 Å². The summed E-state index contributed by atoms with van der Waals surface area (Å²) in [6.07, 6.45) is 1.01. The predicted molar refractivity (Wildman–Crippen MR) is 119 cm³/mol. The number of benzene rings is 1. The minimum absolute atomic E-state index is 0.00410. The number of alkyl halides is 2. The van der Waals surface area contributed by atoms with Gasteiger partial charge in [-0.25, -0.2) is 0 Å². The van der Waals surface area contributed by atoms with E-state index in [2.05, 4.69) is 15.4 Å². The molecule has 1 aromatic carbocycles. The van der Waals surface area contributed by atoms with Crippen LogP contribution < -0.4 is 21.1 Å². The molecule has 9 nitrogen and oxygen atoms in total. The Kier molecular flexibility index (Phi) is 7.71. The fraction of sp³-hybridized carbons (Fsp3) is 0.478. The van der Waals surface area contributed by atoms with Crippen molar-refractivity contribution in [3.05, 3.63) is 30.0 Å². The summed E-state index contributed by atoms with van der Waals surface area (Å²) in [4.78, 5) is 37.6. The maximum Gasteiger partial charge on any atom is 0.387 e. The molecule has 0 spiro atoms. The zero-order valence-electron chi connectivity index (χ0n) is 18.9. The molecule has 0 radical (unpaired) electrons. The molecule has 2 heterocycles. The molecule has 1 aromatic heterocycles. The van der Waals surface area contributed by atoms with Gasteiger partial charge in [0, 0.05) is 17.8 Å². The third-order valence-electron chi connectivity index (χ3n) is 5.78. The molecule has 11 heteroatoms. The molecule has 3 amide bonds. The molecule has 0 bridgehead atoms. The van der Waals surface area contributed by atoms with Crippen molar-refractivity contribution in [2.24, 2.45) is 17.6 Å². The summed E-state index contributed by atoms with van der Waals surface area (Å²) in [6.45, 7) is 1.20. The normalized spacial score (nSPS) is 17.4. The molecular weight excluding hydrogens is 448 g/mol. The molecule has 1 aliphatic heterocycles. The molecule has 3 atom stereocenters. The number of hydrogen-bond acceptors (Lipinski definition) is 5. The van der Waals surface area contributed by atoms with Crippen molar-refractivity contribution in [3.8, 4) is 11.8 Å². The number of halogens is 2. The van der Waals surface area contributed by atoms with Gasteiger partial charge >= 0.3 is 6.61 Å². The van der Waals surface area contributed by atoms with Crippen LogP contribution >= 0.6 is 0 Å². The van der Waals surface area contributed by atoms with E-state index in [4.69, 9.17) is 5.73 Å². The number of fused-ring (bicyclic) bond motifs is 1. The van der Waals surface area contributed by atoms with E-state index in [9.17, 15) is 28.4 Å². The Morgan fingerprint density at radius 2 is 2.12 bits per heavy atom. The van der Waals surface area contributed by atoms with Crippen molar-refractivity contribution in [2.45, 2.75) is 51.8 Å². The van der Waals surface area contributed by atoms with Crippen LogP contribution in [0.15, 0.2) is 24.3 Å². The molecule has 0 aliphatic carbocycles. The second-order valence-corrected chi connectivity index (χ2v) is 8.68. The molecule has 182 valence electrons. The number of nitriles is 1. The third kappa shape index (κ3) is 5.44. The van der Waals surface area contributed by atoms with Gasteiger partial charge in [-0.3, -0.25) is 14.4 Å². The van der Waals surface area contributed by atoms with Crippen LogP contribution in [-0.2, 0) is 9.59 Å². The highest BCUT2D eigenvalue weighted by atomic mass is 19.3. The van der Waals surface area contributed by atoms with Crippen molar-refractivity contribution in [1.82, 2.24) is 15.2 Å². The molecule has 1 fully saturated rings. The minimum atomic E-state index is -3.08. The van der Waals surface area contributed by atoms with E-state index in [1.165, 1.54) is 22.8 Å². The van der Waals surface area contributed by atoms with E-state index in [1.807, 2.05) is 19.9 Å². The van der Waals surface area contributed by atoms with Crippen LogP contribution in [0.25, 0.3) is 10.9 Å². The molecule has 3 rings (SSSR count). The average Bonchev–Trinajstić information content (AvgIpc) is 3.35. The van der Waals surface area contributed by atoms with Crippen LogP contribution in [0.1, 0.15) is 49.6 Å². The van der Waals surface area contributed by atoms with Gasteiger partial charge in [-0.15, -0.1) is 0 Å². The largest absolute Gasteiger partial charge is 0.434 e. The fourth-order valence-corrected chi connectivity index (χ4v) is 4.29. The number of rotatable bonds is 10. The first-order valence-corrected chi connectivity index (χ1v) is 11.0. The third-order valence-corrected chi connectivity index (χ3v) is 5.78. The van der Waals surface area contributed by atoms with Crippen LogP contribution in [0.5, 0.6) is 5.75 Å². The summed E-state index contributed by atoms with van der Waals surface area (Å²) < 4.78 is 31.8. The van der Waals surface area contributed by atoms with E-state index in [-0.39, 0.29) is 47.4 Å². The number of nitrogens with zero attached hydrogens (tertiary/aromatic N) is 2. The minimum Gasteiger partial charge on any atom is -0.434 e. The van der Waals surface area contributed by atoms with E-state index >= 15 is 0 Å². The Morgan fingerprint density at radius 1 is 1.38 bits per heavy atom. The summed E-state index contributed by atoms with van der Waals surface area (Å²) in [5.74, 6) is -2.09. The molecule has 4 N–H and O–H groups in total. The maximum atomic E-state index is 13.4. The van der Waals surface area contributed by atoms with Gasteiger partial charge in [0.1, 0.15) is 23.5 Å². The second kappa shape index (κ2) is 10.5. The monoisotopic (exact) mass is 475 g/mol. The smallest absolute Gasteiger partial charge is 0.387 e. The molecule has 1 saturated heterocycles. The highest BCUT2D eigenvalue weighted by Gasteiger charge is 2.32. The Hall–Kier alpha value is -3.68. The number of amides is 3. The zero-order chi connectivity index (χ0) is 25.0. The Morgan fingerprint density at radius 3 is 2.68 bits per heavy atom. The first-order chi connectivity index (χ1) is 16.1. The van der Waals surface area contributed by atoms with E-state index in [0.29, 0.717) is 18.5 Å². The summed E-state index contributed by atoms with van der Waals surface area (Å²) in [7, 11) is 0. The Balaban J connectivity index is 2.01. The van der Waals surface area contributed by atoms with E-state index in [1.54, 1.807) is 6.07 Å². The summed E-state index contributed by atoms with van der Waals surface area (Å²) in [5, 5.41) is 15.2. The first-order valence-electron chi connectivity index (χ1n) is 11.0. The van der Waals surface area contributed by atoms with Crippen LogP contribution in [0.3, 0.4) is 0 Å². The Bertz CT molecular complexity index is 1120. The molecular formula is C23H27F2N5O4. The number of carbonyl (C=O) groups is 3. The van der Waals surface area contributed by atoms with Crippen LogP contribution in [0.2, 0.25) is 0 Å². The standard InChI is InChI=1S/C23H27F2N5O4/c1-12(2)8-18(22(33)29-14(11-26)9-13-6-7-28-21(13)32)30-16-4-3-5-19(34-23(24)25)15(16)10-17(30)20(27)31/h3-5,10,12-14,18,23H,6-9H2,1-2H3,(H2,27,31)(H,28,32)(H,29,33)/t13-,14-,18-/m0/s1. The van der Waals surface area contributed by atoms with Gasteiger partial charge in [0.05, 0.1) is 11.6 Å². The molecule has 34 heavy (non-hydrogen) atoms. The van der Waals surface area contributed by atoms with Crippen molar-refractivity contribution in [3.63, 3.8) is 0 Å². The first kappa shape index (κ1) is 25.0. The molecule has 0 saturated carbocycles. The lowest BCUT2D eigenvalue weighted by Crippen LogP contribution is -2.41. The summed E-state index contributed by atoms with van der Waals surface area (Å²) in [6, 6.07) is 5.84. The second-order valence-electron chi connectivity index (χ2n) is 8.68.